The zero-order chi connectivity index (χ0) is 15.4. The lowest BCUT2D eigenvalue weighted by Crippen LogP contribution is -2.43. The average Bonchev–Trinajstić information content (AvgIpc) is 2.90. The molecular weight excluding hydrogens is 272 g/mol. The minimum Gasteiger partial charge on any atom is -0.473 e. The van der Waals surface area contributed by atoms with E-state index in [-0.39, 0.29) is 12.3 Å². The molecule has 2 N–H and O–H groups in total. The number of likely N-dealkylation sites (tertiary alicyclic amines) is 1. The molecule has 0 aliphatic carbocycles. The first-order valence-corrected chi connectivity index (χ1v) is 8.05. The minimum absolute atomic E-state index is 0.00460. The van der Waals surface area contributed by atoms with E-state index < -0.39 is 0 Å². The fourth-order valence-electron chi connectivity index (χ4n) is 3.01. The third-order valence-corrected chi connectivity index (χ3v) is 4.31. The quantitative estimate of drug-likeness (QED) is 0.921. The van der Waals surface area contributed by atoms with Gasteiger partial charge >= 0.3 is 0 Å². The normalized spacial score (nSPS) is 21.9. The maximum atomic E-state index is 6.16. The summed E-state index contributed by atoms with van der Waals surface area (Å²) in [5.41, 5.74) is 8.78. The predicted octanol–water partition coefficient (Wildman–Crippen LogP) is 3.04. The highest BCUT2D eigenvalue weighted by molar-refractivity contribution is 5.31. The fourth-order valence-corrected chi connectivity index (χ4v) is 3.01. The van der Waals surface area contributed by atoms with Gasteiger partial charge in [0.05, 0.1) is 6.04 Å². The molecule has 2 aromatic carbocycles. The van der Waals surface area contributed by atoms with Crippen molar-refractivity contribution in [2.24, 2.45) is 5.73 Å². The second-order valence-electron chi connectivity index (χ2n) is 5.90. The number of likely N-dealkylation sites (N-methyl/N-ethyl adjacent to an activating group) is 1. The number of rotatable bonds is 5. The third-order valence-electron chi connectivity index (χ3n) is 4.31. The van der Waals surface area contributed by atoms with Gasteiger partial charge in [0, 0.05) is 6.54 Å². The van der Waals surface area contributed by atoms with Gasteiger partial charge in [-0.3, -0.25) is 4.90 Å². The van der Waals surface area contributed by atoms with Crippen LogP contribution in [0.3, 0.4) is 0 Å². The second-order valence-corrected chi connectivity index (χ2v) is 5.90. The van der Waals surface area contributed by atoms with Crippen molar-refractivity contribution in [1.82, 2.24) is 4.90 Å². The standard InChI is InChI=1S/C19H24N2O/c1-2-21-13-12-18(20)19(21)22-17-10-8-16(9-11-17)14-15-6-4-3-5-7-15/h3-11,18-19H,2,12-14,20H2,1H3. The summed E-state index contributed by atoms with van der Waals surface area (Å²) in [4.78, 5) is 2.29. The molecule has 1 saturated heterocycles. The maximum absolute atomic E-state index is 6.16. The van der Waals surface area contributed by atoms with E-state index in [9.17, 15) is 0 Å². The van der Waals surface area contributed by atoms with Gasteiger partial charge in [-0.25, -0.2) is 0 Å². The van der Waals surface area contributed by atoms with Crippen LogP contribution in [0, 0.1) is 0 Å². The summed E-state index contributed by atoms with van der Waals surface area (Å²) in [5.74, 6) is 0.901. The van der Waals surface area contributed by atoms with Crippen LogP contribution in [0.15, 0.2) is 54.6 Å². The fraction of sp³-hybridized carbons (Fsp3) is 0.368. The summed E-state index contributed by atoms with van der Waals surface area (Å²) in [5, 5.41) is 0. The first-order chi connectivity index (χ1) is 10.8. The molecule has 2 atom stereocenters. The molecule has 0 radical (unpaired) electrons. The number of benzene rings is 2. The van der Waals surface area contributed by atoms with Crippen LogP contribution in [-0.4, -0.2) is 30.3 Å². The molecule has 0 aromatic heterocycles. The molecule has 1 fully saturated rings. The molecule has 1 heterocycles. The van der Waals surface area contributed by atoms with Crippen molar-refractivity contribution in [3.8, 4) is 5.75 Å². The highest BCUT2D eigenvalue weighted by Crippen LogP contribution is 2.22. The van der Waals surface area contributed by atoms with Crippen LogP contribution in [0.25, 0.3) is 0 Å². The van der Waals surface area contributed by atoms with Crippen LogP contribution in [0.2, 0.25) is 0 Å². The molecule has 1 aliphatic rings. The molecule has 0 spiro atoms. The minimum atomic E-state index is 0.00460. The third kappa shape index (κ3) is 3.49. The SMILES string of the molecule is CCN1CCC(N)C1Oc1ccc(Cc2ccccc2)cc1. The number of hydrogen-bond donors (Lipinski definition) is 1. The smallest absolute Gasteiger partial charge is 0.167 e. The van der Waals surface area contributed by atoms with Gasteiger partial charge in [-0.05, 0) is 42.6 Å². The summed E-state index contributed by atoms with van der Waals surface area (Å²) in [6.07, 6.45) is 1.96. The van der Waals surface area contributed by atoms with Crippen LogP contribution in [0.5, 0.6) is 5.75 Å². The Labute approximate surface area is 132 Å². The van der Waals surface area contributed by atoms with E-state index in [4.69, 9.17) is 10.5 Å². The summed E-state index contributed by atoms with van der Waals surface area (Å²) >= 11 is 0. The topological polar surface area (TPSA) is 38.5 Å². The number of nitrogens with zero attached hydrogens (tertiary/aromatic N) is 1. The van der Waals surface area contributed by atoms with Crippen molar-refractivity contribution < 1.29 is 4.74 Å². The summed E-state index contributed by atoms with van der Waals surface area (Å²) in [7, 11) is 0. The molecule has 3 nitrogen and oxygen atoms in total. The Hall–Kier alpha value is -1.84. The Kier molecular flexibility index (Phi) is 4.76. The average molecular weight is 296 g/mol. The lowest BCUT2D eigenvalue weighted by molar-refractivity contribution is 0.0545. The Balaban J connectivity index is 1.64. The zero-order valence-corrected chi connectivity index (χ0v) is 13.1. The summed E-state index contributed by atoms with van der Waals surface area (Å²) in [6, 6.07) is 19.0. The predicted molar refractivity (Wildman–Crippen MR) is 89.9 cm³/mol. The highest BCUT2D eigenvalue weighted by Gasteiger charge is 2.32. The van der Waals surface area contributed by atoms with E-state index in [1.54, 1.807) is 0 Å². The van der Waals surface area contributed by atoms with Gasteiger partial charge in [-0.1, -0.05) is 49.4 Å². The van der Waals surface area contributed by atoms with Gasteiger partial charge in [0.2, 0.25) is 0 Å². The Morgan fingerprint density at radius 2 is 1.73 bits per heavy atom. The molecule has 116 valence electrons. The molecule has 2 aromatic rings. The van der Waals surface area contributed by atoms with Crippen LogP contribution in [0.4, 0.5) is 0 Å². The van der Waals surface area contributed by atoms with Crippen molar-refractivity contribution in [1.29, 1.82) is 0 Å². The number of nitrogens with two attached hydrogens (primary N) is 1. The summed E-state index contributed by atoms with van der Waals surface area (Å²) in [6.45, 7) is 4.15. The van der Waals surface area contributed by atoms with Crippen LogP contribution < -0.4 is 10.5 Å². The Bertz CT molecular complexity index is 582. The first kappa shape index (κ1) is 15.1. The van der Waals surface area contributed by atoms with Crippen molar-refractivity contribution in [3.63, 3.8) is 0 Å². The molecule has 3 heteroatoms. The molecule has 2 unspecified atom stereocenters. The molecule has 22 heavy (non-hydrogen) atoms. The largest absolute Gasteiger partial charge is 0.473 e. The lowest BCUT2D eigenvalue weighted by Gasteiger charge is -2.26. The monoisotopic (exact) mass is 296 g/mol. The molecular formula is C19H24N2O. The molecule has 0 saturated carbocycles. The molecule has 3 rings (SSSR count). The van der Waals surface area contributed by atoms with Gasteiger partial charge < -0.3 is 10.5 Å². The van der Waals surface area contributed by atoms with Gasteiger partial charge in [0.1, 0.15) is 5.75 Å². The van der Waals surface area contributed by atoms with Gasteiger partial charge in [-0.15, -0.1) is 0 Å². The zero-order valence-electron chi connectivity index (χ0n) is 13.1. The van der Waals surface area contributed by atoms with Gasteiger partial charge in [0.25, 0.3) is 0 Å². The van der Waals surface area contributed by atoms with Crippen molar-refractivity contribution in [3.05, 3.63) is 65.7 Å². The first-order valence-electron chi connectivity index (χ1n) is 8.05. The van der Waals surface area contributed by atoms with Crippen molar-refractivity contribution in [2.45, 2.75) is 32.0 Å². The van der Waals surface area contributed by atoms with Gasteiger partial charge in [0.15, 0.2) is 6.23 Å². The van der Waals surface area contributed by atoms with Crippen LogP contribution in [0.1, 0.15) is 24.5 Å². The van der Waals surface area contributed by atoms with E-state index >= 15 is 0 Å². The maximum Gasteiger partial charge on any atom is 0.167 e. The Morgan fingerprint density at radius 1 is 1.05 bits per heavy atom. The van der Waals surface area contributed by atoms with E-state index in [2.05, 4.69) is 60.4 Å². The number of hydrogen-bond acceptors (Lipinski definition) is 3. The van der Waals surface area contributed by atoms with Crippen LogP contribution >= 0.6 is 0 Å². The van der Waals surface area contributed by atoms with E-state index in [1.165, 1.54) is 11.1 Å². The highest BCUT2D eigenvalue weighted by atomic mass is 16.5. The van der Waals surface area contributed by atoms with E-state index in [0.717, 1.165) is 31.7 Å². The summed E-state index contributed by atoms with van der Waals surface area (Å²) < 4.78 is 6.10. The second kappa shape index (κ2) is 6.95. The van der Waals surface area contributed by atoms with Crippen LogP contribution in [-0.2, 0) is 6.42 Å². The van der Waals surface area contributed by atoms with E-state index in [0.29, 0.717) is 0 Å². The number of ether oxygens (including phenoxy) is 1. The van der Waals surface area contributed by atoms with Crippen molar-refractivity contribution in [2.75, 3.05) is 13.1 Å². The molecule has 0 amide bonds. The Morgan fingerprint density at radius 3 is 2.41 bits per heavy atom. The molecule has 1 aliphatic heterocycles. The van der Waals surface area contributed by atoms with E-state index in [1.807, 2.05) is 6.07 Å². The lowest BCUT2D eigenvalue weighted by atomic mass is 10.1. The van der Waals surface area contributed by atoms with Gasteiger partial charge in [-0.2, -0.15) is 0 Å². The van der Waals surface area contributed by atoms with Crippen molar-refractivity contribution >= 4 is 0 Å². The molecule has 0 bridgehead atoms.